The fourth-order valence-electron chi connectivity index (χ4n) is 3.05. The maximum absolute atomic E-state index is 12.4. The van der Waals surface area contributed by atoms with E-state index in [1.807, 2.05) is 18.2 Å². The summed E-state index contributed by atoms with van der Waals surface area (Å²) < 4.78 is 11.3. The van der Waals surface area contributed by atoms with Crippen molar-refractivity contribution in [2.45, 2.75) is 6.61 Å². The molecular formula is C25H18Cl2N2O4S. The second kappa shape index (κ2) is 10.8. The standard InChI is InChI=1S/C25H18Cl2N2O4S/c1-32-21-12-15(6-11-20(21)33-14-17-4-2-3-5-19(17)27)13-22-24(31)29-25(34-22)28-23(30)16-7-9-18(26)10-8-16/h2-13H,14H2,1H3,(H,28,29,30,31)/b22-13-. The number of carbonyl (C=O) groups is 2. The number of thioether (sulfide) groups is 1. The van der Waals surface area contributed by atoms with E-state index in [1.165, 1.54) is 0 Å². The third kappa shape index (κ3) is 5.80. The normalized spacial score (nSPS) is 15.4. The molecule has 1 N–H and O–H groups in total. The fraction of sp³-hybridized carbons (Fsp3) is 0.0800. The average Bonchev–Trinajstić information content (AvgIpc) is 3.17. The number of carbonyl (C=O) groups excluding carboxylic acids is 2. The van der Waals surface area contributed by atoms with Gasteiger partial charge in [0.05, 0.1) is 12.0 Å². The Balaban J connectivity index is 1.47. The molecule has 0 bridgehead atoms. The van der Waals surface area contributed by atoms with Crippen LogP contribution in [0.4, 0.5) is 0 Å². The van der Waals surface area contributed by atoms with Crippen molar-refractivity contribution >= 4 is 58.0 Å². The molecule has 172 valence electrons. The smallest absolute Gasteiger partial charge is 0.279 e. The Morgan fingerprint density at radius 1 is 1.06 bits per heavy atom. The molecule has 1 saturated heterocycles. The zero-order valence-corrected chi connectivity index (χ0v) is 20.2. The Kier molecular flexibility index (Phi) is 7.57. The number of methoxy groups -OCH3 is 1. The summed E-state index contributed by atoms with van der Waals surface area (Å²) in [5.41, 5.74) is 1.96. The van der Waals surface area contributed by atoms with Gasteiger partial charge in [-0.3, -0.25) is 9.59 Å². The van der Waals surface area contributed by atoms with E-state index in [2.05, 4.69) is 10.3 Å². The van der Waals surface area contributed by atoms with Gasteiger partial charge in [-0.15, -0.1) is 0 Å². The van der Waals surface area contributed by atoms with Gasteiger partial charge in [-0.25, -0.2) is 0 Å². The van der Waals surface area contributed by atoms with Crippen molar-refractivity contribution in [3.8, 4) is 11.5 Å². The summed E-state index contributed by atoms with van der Waals surface area (Å²) in [7, 11) is 1.54. The predicted octanol–water partition coefficient (Wildman–Crippen LogP) is 5.98. The third-order valence-corrected chi connectivity index (χ3v) is 6.30. The van der Waals surface area contributed by atoms with Gasteiger partial charge in [0.15, 0.2) is 16.7 Å². The number of aliphatic imine (C=N–C) groups is 1. The molecule has 6 nitrogen and oxygen atoms in total. The number of nitrogens with one attached hydrogen (secondary N) is 1. The molecule has 3 aromatic rings. The Morgan fingerprint density at radius 2 is 1.82 bits per heavy atom. The van der Waals surface area contributed by atoms with E-state index >= 15 is 0 Å². The van der Waals surface area contributed by atoms with E-state index in [4.69, 9.17) is 32.7 Å². The van der Waals surface area contributed by atoms with Gasteiger partial charge in [-0.1, -0.05) is 47.5 Å². The lowest BCUT2D eigenvalue weighted by Crippen LogP contribution is -2.20. The molecule has 4 rings (SSSR count). The topological polar surface area (TPSA) is 77.0 Å². The molecule has 0 saturated carbocycles. The van der Waals surface area contributed by atoms with Crippen LogP contribution in [0.25, 0.3) is 6.08 Å². The summed E-state index contributed by atoms with van der Waals surface area (Å²) in [6, 6.07) is 19.1. The summed E-state index contributed by atoms with van der Waals surface area (Å²) in [4.78, 5) is 29.1. The molecule has 0 radical (unpaired) electrons. The van der Waals surface area contributed by atoms with E-state index in [0.29, 0.717) is 32.0 Å². The first-order valence-electron chi connectivity index (χ1n) is 10.1. The van der Waals surface area contributed by atoms with Crippen molar-refractivity contribution in [2.24, 2.45) is 4.99 Å². The Morgan fingerprint density at radius 3 is 2.56 bits per heavy atom. The highest BCUT2D eigenvalue weighted by Gasteiger charge is 2.25. The minimum atomic E-state index is -0.470. The fourth-order valence-corrected chi connectivity index (χ4v) is 4.18. The molecular weight excluding hydrogens is 495 g/mol. The molecule has 0 aromatic heterocycles. The number of hydrogen-bond acceptors (Lipinski definition) is 5. The van der Waals surface area contributed by atoms with Crippen molar-refractivity contribution < 1.29 is 19.1 Å². The van der Waals surface area contributed by atoms with Crippen LogP contribution < -0.4 is 14.8 Å². The highest BCUT2D eigenvalue weighted by atomic mass is 35.5. The van der Waals surface area contributed by atoms with Crippen LogP contribution in [0.3, 0.4) is 0 Å². The molecule has 1 aliphatic heterocycles. The van der Waals surface area contributed by atoms with Crippen LogP contribution in [0.1, 0.15) is 21.5 Å². The van der Waals surface area contributed by atoms with E-state index in [-0.39, 0.29) is 17.7 Å². The number of halogens is 2. The van der Waals surface area contributed by atoms with Crippen LogP contribution in [0.2, 0.25) is 10.0 Å². The molecule has 0 spiro atoms. The van der Waals surface area contributed by atoms with Gasteiger partial charge >= 0.3 is 0 Å². The van der Waals surface area contributed by atoms with E-state index < -0.39 is 5.91 Å². The molecule has 0 aliphatic carbocycles. The van der Waals surface area contributed by atoms with Gasteiger partial charge in [-0.2, -0.15) is 4.99 Å². The molecule has 1 fully saturated rings. The number of ether oxygens (including phenoxy) is 2. The van der Waals surface area contributed by atoms with Crippen LogP contribution in [0, 0.1) is 0 Å². The van der Waals surface area contributed by atoms with E-state index in [1.54, 1.807) is 61.7 Å². The zero-order valence-electron chi connectivity index (χ0n) is 17.9. The molecule has 9 heteroatoms. The summed E-state index contributed by atoms with van der Waals surface area (Å²) in [5, 5.41) is 3.97. The van der Waals surface area contributed by atoms with Gasteiger partial charge in [-0.05, 0) is 65.9 Å². The summed E-state index contributed by atoms with van der Waals surface area (Å²) in [6.45, 7) is 0.288. The second-order valence-electron chi connectivity index (χ2n) is 7.08. The quantitative estimate of drug-likeness (QED) is 0.411. The minimum absolute atomic E-state index is 0.211. The maximum Gasteiger partial charge on any atom is 0.279 e. The molecule has 34 heavy (non-hydrogen) atoms. The summed E-state index contributed by atoms with van der Waals surface area (Å²) in [5.74, 6) is 0.244. The van der Waals surface area contributed by atoms with Crippen molar-refractivity contribution in [1.82, 2.24) is 5.32 Å². The van der Waals surface area contributed by atoms with Gasteiger partial charge in [0.2, 0.25) is 0 Å². The van der Waals surface area contributed by atoms with Crippen molar-refractivity contribution in [3.63, 3.8) is 0 Å². The predicted molar refractivity (Wildman–Crippen MR) is 136 cm³/mol. The maximum atomic E-state index is 12.4. The molecule has 1 aliphatic rings. The van der Waals surface area contributed by atoms with Crippen molar-refractivity contribution in [1.29, 1.82) is 0 Å². The number of nitrogens with zero attached hydrogens (tertiary/aromatic N) is 1. The molecule has 2 amide bonds. The molecule has 0 unspecified atom stereocenters. The highest BCUT2D eigenvalue weighted by Crippen LogP contribution is 2.32. The number of amidine groups is 1. The lowest BCUT2D eigenvalue weighted by Gasteiger charge is -2.12. The first kappa shape index (κ1) is 23.9. The largest absolute Gasteiger partial charge is 0.493 e. The Bertz CT molecular complexity index is 1310. The number of rotatable bonds is 6. The number of hydrogen-bond donors (Lipinski definition) is 1. The van der Waals surface area contributed by atoms with Crippen LogP contribution in [-0.2, 0) is 11.4 Å². The lowest BCUT2D eigenvalue weighted by atomic mass is 10.2. The van der Waals surface area contributed by atoms with Crippen molar-refractivity contribution in [2.75, 3.05) is 7.11 Å². The third-order valence-electron chi connectivity index (χ3n) is 4.77. The van der Waals surface area contributed by atoms with Crippen LogP contribution >= 0.6 is 35.0 Å². The van der Waals surface area contributed by atoms with Crippen LogP contribution in [-0.4, -0.2) is 24.1 Å². The SMILES string of the molecule is COc1cc(/C=C2\SC(=NC(=O)c3ccc(Cl)cc3)NC2=O)ccc1OCc1ccccc1Cl. The number of amides is 2. The first-order chi connectivity index (χ1) is 16.4. The first-order valence-corrected chi connectivity index (χ1v) is 11.6. The molecule has 1 heterocycles. The Hall–Kier alpha value is -3.26. The van der Waals surface area contributed by atoms with Crippen LogP contribution in [0.5, 0.6) is 11.5 Å². The lowest BCUT2D eigenvalue weighted by molar-refractivity contribution is -0.115. The average molecular weight is 513 g/mol. The molecule has 3 aromatic carbocycles. The highest BCUT2D eigenvalue weighted by molar-refractivity contribution is 8.18. The minimum Gasteiger partial charge on any atom is -0.493 e. The van der Waals surface area contributed by atoms with Crippen LogP contribution in [0.15, 0.2) is 76.6 Å². The van der Waals surface area contributed by atoms with Gasteiger partial charge in [0, 0.05) is 21.2 Å². The Labute approximate surface area is 210 Å². The second-order valence-corrected chi connectivity index (χ2v) is 8.96. The summed E-state index contributed by atoms with van der Waals surface area (Å²) in [6.07, 6.45) is 1.69. The van der Waals surface area contributed by atoms with E-state index in [9.17, 15) is 9.59 Å². The number of benzene rings is 3. The van der Waals surface area contributed by atoms with Crippen molar-refractivity contribution in [3.05, 3.63) is 98.4 Å². The van der Waals surface area contributed by atoms with E-state index in [0.717, 1.165) is 22.9 Å². The zero-order chi connectivity index (χ0) is 24.1. The summed E-state index contributed by atoms with van der Waals surface area (Å²) >= 11 is 13.1. The van der Waals surface area contributed by atoms with Gasteiger partial charge < -0.3 is 14.8 Å². The van der Waals surface area contributed by atoms with Gasteiger partial charge in [0.25, 0.3) is 11.8 Å². The monoisotopic (exact) mass is 512 g/mol. The molecule has 0 atom stereocenters. The van der Waals surface area contributed by atoms with Gasteiger partial charge in [0.1, 0.15) is 6.61 Å².